The van der Waals surface area contributed by atoms with Crippen molar-refractivity contribution < 1.29 is 14.7 Å². The molecule has 120 valence electrons. The number of hydrogen-bond donors (Lipinski definition) is 2. The summed E-state index contributed by atoms with van der Waals surface area (Å²) in [6, 6.07) is 0.283. The molecule has 2 unspecified atom stereocenters. The van der Waals surface area contributed by atoms with Gasteiger partial charge in [0.1, 0.15) is 0 Å². The smallest absolute Gasteiger partial charge is 0.317 e. The lowest BCUT2D eigenvalue weighted by Crippen LogP contribution is -2.46. The van der Waals surface area contributed by atoms with Crippen molar-refractivity contribution in [2.75, 3.05) is 13.6 Å². The topological polar surface area (TPSA) is 69.6 Å². The molecule has 0 aromatic carbocycles. The molecule has 0 aromatic heterocycles. The van der Waals surface area contributed by atoms with Crippen molar-refractivity contribution in [3.63, 3.8) is 0 Å². The van der Waals surface area contributed by atoms with Gasteiger partial charge in [0.15, 0.2) is 0 Å². The summed E-state index contributed by atoms with van der Waals surface area (Å²) in [6.45, 7) is 2.76. The summed E-state index contributed by atoms with van der Waals surface area (Å²) in [5.41, 5.74) is 0. The van der Waals surface area contributed by atoms with Crippen LogP contribution in [0.4, 0.5) is 4.79 Å². The molecule has 5 nitrogen and oxygen atoms in total. The van der Waals surface area contributed by atoms with Gasteiger partial charge in [0.05, 0.1) is 5.92 Å². The van der Waals surface area contributed by atoms with E-state index in [1.807, 2.05) is 11.9 Å². The molecule has 0 aromatic rings. The number of carbonyl (C=O) groups excluding carboxylic acids is 1. The van der Waals surface area contributed by atoms with E-state index in [0.29, 0.717) is 12.6 Å². The van der Waals surface area contributed by atoms with Crippen LogP contribution >= 0.6 is 0 Å². The molecule has 0 aliphatic heterocycles. The summed E-state index contributed by atoms with van der Waals surface area (Å²) in [6.07, 6.45) is 7.12. The number of carbonyl (C=O) groups is 2. The first kappa shape index (κ1) is 16.1. The lowest BCUT2D eigenvalue weighted by atomic mass is 9.87. The predicted octanol–water partition coefficient (Wildman–Crippen LogP) is 2.71. The molecule has 2 atom stereocenters. The number of carboxylic acids is 1. The van der Waals surface area contributed by atoms with Crippen LogP contribution in [0.5, 0.6) is 0 Å². The first-order valence-corrected chi connectivity index (χ1v) is 8.22. The fourth-order valence-corrected chi connectivity index (χ4v) is 3.74. The molecule has 2 aliphatic carbocycles. The molecule has 2 amide bonds. The van der Waals surface area contributed by atoms with Crippen LogP contribution in [0.3, 0.4) is 0 Å². The zero-order valence-corrected chi connectivity index (χ0v) is 13.2. The summed E-state index contributed by atoms with van der Waals surface area (Å²) >= 11 is 0. The molecule has 2 saturated carbocycles. The lowest BCUT2D eigenvalue weighted by molar-refractivity contribution is -0.142. The lowest BCUT2D eigenvalue weighted by Gasteiger charge is -2.34. The summed E-state index contributed by atoms with van der Waals surface area (Å²) in [5.74, 6) is -0.147. The summed E-state index contributed by atoms with van der Waals surface area (Å²) in [7, 11) is 1.86. The van der Waals surface area contributed by atoms with E-state index in [4.69, 9.17) is 5.11 Å². The number of hydrogen-bond acceptors (Lipinski definition) is 2. The number of aliphatic carboxylic acids is 1. The fourth-order valence-electron chi connectivity index (χ4n) is 3.74. The number of rotatable bonds is 4. The van der Waals surface area contributed by atoms with Gasteiger partial charge in [-0.25, -0.2) is 4.79 Å². The molecule has 2 fully saturated rings. The van der Waals surface area contributed by atoms with Crippen molar-refractivity contribution >= 4 is 12.0 Å². The monoisotopic (exact) mass is 296 g/mol. The molecule has 0 heterocycles. The van der Waals surface area contributed by atoms with Crippen LogP contribution in [0.25, 0.3) is 0 Å². The average molecular weight is 296 g/mol. The Labute approximate surface area is 127 Å². The number of carboxylic acid groups (broad SMARTS) is 1. The summed E-state index contributed by atoms with van der Waals surface area (Å²) < 4.78 is 0. The Hall–Kier alpha value is -1.26. The second-order valence-corrected chi connectivity index (χ2v) is 6.85. The zero-order valence-electron chi connectivity index (χ0n) is 13.2. The minimum absolute atomic E-state index is 0.0504. The first-order chi connectivity index (χ1) is 9.99. The highest BCUT2D eigenvalue weighted by molar-refractivity contribution is 5.74. The average Bonchev–Trinajstić information content (AvgIpc) is 2.93. The SMILES string of the molecule is CC1CCC(N(C)C(=O)NCC2CCCC2C(=O)O)CC1. The van der Waals surface area contributed by atoms with Crippen molar-refractivity contribution in [3.8, 4) is 0 Å². The van der Waals surface area contributed by atoms with Gasteiger partial charge >= 0.3 is 12.0 Å². The molecular formula is C16H28N2O3. The third-order valence-corrected chi connectivity index (χ3v) is 5.35. The number of urea groups is 1. The molecule has 0 bridgehead atoms. The van der Waals surface area contributed by atoms with Gasteiger partial charge in [-0.15, -0.1) is 0 Å². The van der Waals surface area contributed by atoms with E-state index in [2.05, 4.69) is 12.2 Å². The van der Waals surface area contributed by atoms with E-state index in [-0.39, 0.29) is 17.9 Å². The second kappa shape index (κ2) is 7.14. The number of nitrogens with one attached hydrogen (secondary N) is 1. The Kier molecular flexibility index (Phi) is 5.48. The van der Waals surface area contributed by atoms with E-state index >= 15 is 0 Å². The first-order valence-electron chi connectivity index (χ1n) is 8.22. The Balaban J connectivity index is 1.77. The molecular weight excluding hydrogens is 268 g/mol. The molecule has 21 heavy (non-hydrogen) atoms. The van der Waals surface area contributed by atoms with Gasteiger partial charge in [-0.1, -0.05) is 13.3 Å². The highest BCUT2D eigenvalue weighted by Crippen LogP contribution is 2.31. The molecule has 5 heteroatoms. The van der Waals surface area contributed by atoms with Gasteiger partial charge in [0.25, 0.3) is 0 Å². The Morgan fingerprint density at radius 1 is 1.14 bits per heavy atom. The largest absolute Gasteiger partial charge is 0.481 e. The maximum Gasteiger partial charge on any atom is 0.317 e. The summed E-state index contributed by atoms with van der Waals surface area (Å²) in [4.78, 5) is 25.2. The quantitative estimate of drug-likeness (QED) is 0.838. The Morgan fingerprint density at radius 3 is 2.43 bits per heavy atom. The van der Waals surface area contributed by atoms with Gasteiger partial charge in [-0.05, 0) is 50.4 Å². The van der Waals surface area contributed by atoms with Gasteiger partial charge in [-0.3, -0.25) is 4.79 Å². The molecule has 2 N–H and O–H groups in total. The van der Waals surface area contributed by atoms with E-state index in [9.17, 15) is 9.59 Å². The van der Waals surface area contributed by atoms with Gasteiger partial charge in [-0.2, -0.15) is 0 Å². The molecule has 0 radical (unpaired) electrons. The van der Waals surface area contributed by atoms with Crippen molar-refractivity contribution in [2.24, 2.45) is 17.8 Å². The van der Waals surface area contributed by atoms with Crippen LogP contribution in [0.1, 0.15) is 51.9 Å². The third-order valence-electron chi connectivity index (χ3n) is 5.35. The van der Waals surface area contributed by atoms with Crippen LogP contribution in [0.2, 0.25) is 0 Å². The standard InChI is InChI=1S/C16H28N2O3/c1-11-6-8-13(9-7-11)18(2)16(21)17-10-12-4-3-5-14(12)15(19)20/h11-14H,3-10H2,1-2H3,(H,17,21)(H,19,20). The minimum atomic E-state index is -0.721. The van der Waals surface area contributed by atoms with E-state index in [0.717, 1.165) is 38.0 Å². The maximum atomic E-state index is 12.2. The van der Waals surface area contributed by atoms with Gasteiger partial charge in [0.2, 0.25) is 0 Å². The Bertz CT molecular complexity index is 378. The number of nitrogens with zero attached hydrogens (tertiary/aromatic N) is 1. The molecule has 2 aliphatic rings. The van der Waals surface area contributed by atoms with Crippen LogP contribution in [0.15, 0.2) is 0 Å². The van der Waals surface area contributed by atoms with Crippen molar-refractivity contribution in [1.29, 1.82) is 0 Å². The molecule has 0 spiro atoms. The van der Waals surface area contributed by atoms with Crippen molar-refractivity contribution in [3.05, 3.63) is 0 Å². The van der Waals surface area contributed by atoms with Crippen LogP contribution < -0.4 is 5.32 Å². The van der Waals surface area contributed by atoms with Crippen molar-refractivity contribution in [1.82, 2.24) is 10.2 Å². The molecule has 2 rings (SSSR count). The summed E-state index contributed by atoms with van der Waals surface area (Å²) in [5, 5.41) is 12.1. The van der Waals surface area contributed by atoms with Crippen LogP contribution in [-0.4, -0.2) is 41.6 Å². The predicted molar refractivity (Wildman–Crippen MR) is 81.0 cm³/mol. The maximum absolute atomic E-state index is 12.2. The fraction of sp³-hybridized carbons (Fsp3) is 0.875. The van der Waals surface area contributed by atoms with E-state index < -0.39 is 5.97 Å². The highest BCUT2D eigenvalue weighted by Gasteiger charge is 2.33. The van der Waals surface area contributed by atoms with Crippen molar-refractivity contribution in [2.45, 2.75) is 57.9 Å². The highest BCUT2D eigenvalue weighted by atomic mass is 16.4. The number of amides is 2. The Morgan fingerprint density at radius 2 is 1.81 bits per heavy atom. The van der Waals surface area contributed by atoms with Crippen LogP contribution in [-0.2, 0) is 4.79 Å². The zero-order chi connectivity index (χ0) is 15.4. The van der Waals surface area contributed by atoms with E-state index in [1.165, 1.54) is 12.8 Å². The second-order valence-electron chi connectivity index (χ2n) is 6.85. The minimum Gasteiger partial charge on any atom is -0.481 e. The van der Waals surface area contributed by atoms with Gasteiger partial charge in [0, 0.05) is 19.6 Å². The molecule has 0 saturated heterocycles. The normalized spacial score (nSPS) is 32.7. The third kappa shape index (κ3) is 4.11. The van der Waals surface area contributed by atoms with Gasteiger partial charge < -0.3 is 15.3 Å². The van der Waals surface area contributed by atoms with Crippen LogP contribution in [0, 0.1) is 17.8 Å². The van der Waals surface area contributed by atoms with E-state index in [1.54, 1.807) is 0 Å².